The van der Waals surface area contributed by atoms with Crippen molar-refractivity contribution >= 4 is 6.09 Å². The molecule has 5 heteroatoms. The van der Waals surface area contributed by atoms with E-state index in [-0.39, 0.29) is 12.2 Å². The van der Waals surface area contributed by atoms with Gasteiger partial charge in [0.15, 0.2) is 0 Å². The Balaban J connectivity index is 1.91. The van der Waals surface area contributed by atoms with Gasteiger partial charge >= 0.3 is 6.09 Å². The van der Waals surface area contributed by atoms with E-state index in [2.05, 4.69) is 4.98 Å². The summed E-state index contributed by atoms with van der Waals surface area (Å²) < 4.78 is 11.3. The molecule has 116 valence electrons. The summed E-state index contributed by atoms with van der Waals surface area (Å²) in [5.74, 6) is 0.747. The third-order valence-corrected chi connectivity index (χ3v) is 3.22. The van der Waals surface area contributed by atoms with Crippen LogP contribution in [0.4, 0.5) is 4.79 Å². The summed E-state index contributed by atoms with van der Waals surface area (Å²) >= 11 is 0. The average molecular weight is 292 g/mol. The van der Waals surface area contributed by atoms with Crippen LogP contribution in [-0.4, -0.2) is 40.8 Å². The van der Waals surface area contributed by atoms with Gasteiger partial charge in [-0.2, -0.15) is 0 Å². The van der Waals surface area contributed by atoms with Gasteiger partial charge in [-0.25, -0.2) is 4.79 Å². The van der Waals surface area contributed by atoms with Crippen molar-refractivity contribution in [3.8, 4) is 5.75 Å². The average Bonchev–Trinajstić information content (AvgIpc) is 2.40. The molecule has 0 radical (unpaired) electrons. The highest BCUT2D eigenvalue weighted by atomic mass is 16.6. The van der Waals surface area contributed by atoms with Crippen molar-refractivity contribution in [2.45, 2.75) is 52.2 Å². The Bertz CT molecular complexity index is 479. The molecule has 1 saturated heterocycles. The Kier molecular flexibility index (Phi) is 4.70. The lowest BCUT2D eigenvalue weighted by molar-refractivity contribution is 0.00772. The zero-order chi connectivity index (χ0) is 15.5. The number of piperidine rings is 1. The fourth-order valence-electron chi connectivity index (χ4n) is 2.24. The second-order valence-electron chi connectivity index (χ2n) is 6.44. The van der Waals surface area contributed by atoms with Gasteiger partial charge in [0.05, 0.1) is 12.7 Å². The van der Waals surface area contributed by atoms with Crippen LogP contribution in [0.25, 0.3) is 0 Å². The van der Waals surface area contributed by atoms with E-state index in [1.807, 2.05) is 39.8 Å². The molecular formula is C16H24N2O3. The molecule has 0 saturated carbocycles. The molecule has 0 bridgehead atoms. The first kappa shape index (κ1) is 15.6. The number of ether oxygens (including phenoxy) is 2. The zero-order valence-electron chi connectivity index (χ0n) is 13.3. The number of rotatable bonds is 2. The van der Waals surface area contributed by atoms with Gasteiger partial charge in [0, 0.05) is 12.2 Å². The molecule has 1 aliphatic rings. The topological polar surface area (TPSA) is 51.7 Å². The minimum atomic E-state index is -0.467. The SMILES string of the molecule is Cc1ccc(O[C@H]2CCCN(C(=O)OC(C)(C)C)C2)cn1. The maximum absolute atomic E-state index is 12.1. The highest BCUT2D eigenvalue weighted by molar-refractivity contribution is 5.68. The Hall–Kier alpha value is -1.78. The first-order valence-electron chi connectivity index (χ1n) is 7.41. The van der Waals surface area contributed by atoms with Crippen molar-refractivity contribution in [2.75, 3.05) is 13.1 Å². The van der Waals surface area contributed by atoms with Gasteiger partial charge < -0.3 is 14.4 Å². The summed E-state index contributed by atoms with van der Waals surface area (Å²) in [5.41, 5.74) is 0.493. The normalized spacial score (nSPS) is 19.2. The summed E-state index contributed by atoms with van der Waals surface area (Å²) in [6.45, 7) is 8.85. The van der Waals surface area contributed by atoms with Crippen LogP contribution in [-0.2, 0) is 4.74 Å². The van der Waals surface area contributed by atoms with Gasteiger partial charge in [-0.05, 0) is 52.7 Å². The number of pyridine rings is 1. The predicted molar refractivity (Wildman–Crippen MR) is 80.4 cm³/mol. The Morgan fingerprint density at radius 2 is 2.14 bits per heavy atom. The number of carbonyl (C=O) groups excluding carboxylic acids is 1. The fraction of sp³-hybridized carbons (Fsp3) is 0.625. The second-order valence-corrected chi connectivity index (χ2v) is 6.44. The lowest BCUT2D eigenvalue weighted by Crippen LogP contribution is -2.46. The summed E-state index contributed by atoms with van der Waals surface area (Å²) in [7, 11) is 0. The van der Waals surface area contributed by atoms with Crippen molar-refractivity contribution in [3.63, 3.8) is 0 Å². The van der Waals surface area contributed by atoms with E-state index >= 15 is 0 Å². The van der Waals surface area contributed by atoms with E-state index in [1.54, 1.807) is 11.1 Å². The molecule has 0 unspecified atom stereocenters. The van der Waals surface area contributed by atoms with Crippen LogP contribution in [0, 0.1) is 6.92 Å². The van der Waals surface area contributed by atoms with Crippen LogP contribution in [0.5, 0.6) is 5.75 Å². The highest BCUT2D eigenvalue weighted by Crippen LogP contribution is 2.20. The number of nitrogens with zero attached hydrogens (tertiary/aromatic N) is 2. The number of aryl methyl sites for hydroxylation is 1. The third-order valence-electron chi connectivity index (χ3n) is 3.22. The third kappa shape index (κ3) is 4.92. The Morgan fingerprint density at radius 1 is 1.38 bits per heavy atom. The lowest BCUT2D eigenvalue weighted by Gasteiger charge is -2.34. The van der Waals surface area contributed by atoms with Crippen molar-refractivity contribution in [1.82, 2.24) is 9.88 Å². The van der Waals surface area contributed by atoms with E-state index in [0.717, 1.165) is 30.8 Å². The molecule has 1 atom stereocenters. The lowest BCUT2D eigenvalue weighted by atomic mass is 10.1. The first-order valence-corrected chi connectivity index (χ1v) is 7.41. The van der Waals surface area contributed by atoms with Crippen LogP contribution in [0.15, 0.2) is 18.3 Å². The summed E-state index contributed by atoms with van der Waals surface area (Å²) in [6, 6.07) is 3.83. The number of likely N-dealkylation sites (tertiary alicyclic amines) is 1. The molecule has 0 N–H and O–H groups in total. The number of carbonyl (C=O) groups is 1. The minimum absolute atomic E-state index is 0.00391. The van der Waals surface area contributed by atoms with Crippen molar-refractivity contribution < 1.29 is 14.3 Å². The molecule has 1 amide bonds. The van der Waals surface area contributed by atoms with E-state index in [4.69, 9.17) is 9.47 Å². The van der Waals surface area contributed by atoms with E-state index in [9.17, 15) is 4.79 Å². The summed E-state index contributed by atoms with van der Waals surface area (Å²) in [5, 5.41) is 0. The number of hydrogen-bond donors (Lipinski definition) is 0. The molecule has 1 aliphatic heterocycles. The van der Waals surface area contributed by atoms with Gasteiger partial charge in [0.2, 0.25) is 0 Å². The number of amides is 1. The van der Waals surface area contributed by atoms with Crippen molar-refractivity contribution in [3.05, 3.63) is 24.0 Å². The Labute approximate surface area is 126 Å². The predicted octanol–water partition coefficient (Wildman–Crippen LogP) is 3.17. The fourth-order valence-corrected chi connectivity index (χ4v) is 2.24. The van der Waals surface area contributed by atoms with E-state index < -0.39 is 5.60 Å². The largest absolute Gasteiger partial charge is 0.487 e. The van der Waals surface area contributed by atoms with Gasteiger partial charge in [-0.3, -0.25) is 4.98 Å². The maximum atomic E-state index is 12.1. The molecule has 1 aromatic heterocycles. The smallest absolute Gasteiger partial charge is 0.410 e. The molecule has 1 fully saturated rings. The van der Waals surface area contributed by atoms with Gasteiger partial charge in [0.25, 0.3) is 0 Å². The monoisotopic (exact) mass is 292 g/mol. The standard InChI is InChI=1S/C16H24N2O3/c1-12-7-8-13(10-17-12)20-14-6-5-9-18(11-14)15(19)21-16(2,3)4/h7-8,10,14H,5-6,9,11H2,1-4H3/t14-/m0/s1. The van der Waals surface area contributed by atoms with Crippen LogP contribution < -0.4 is 4.74 Å². The summed E-state index contributed by atoms with van der Waals surface area (Å²) in [6.07, 6.45) is 3.31. The van der Waals surface area contributed by atoms with Gasteiger partial charge in [0.1, 0.15) is 17.5 Å². The first-order chi connectivity index (χ1) is 9.83. The zero-order valence-corrected chi connectivity index (χ0v) is 13.3. The van der Waals surface area contributed by atoms with Crippen LogP contribution in [0.3, 0.4) is 0 Å². The molecule has 2 heterocycles. The summed E-state index contributed by atoms with van der Waals surface area (Å²) in [4.78, 5) is 18.0. The highest BCUT2D eigenvalue weighted by Gasteiger charge is 2.28. The van der Waals surface area contributed by atoms with Gasteiger partial charge in [-0.15, -0.1) is 0 Å². The second kappa shape index (κ2) is 6.33. The molecule has 21 heavy (non-hydrogen) atoms. The van der Waals surface area contributed by atoms with Crippen LogP contribution in [0.1, 0.15) is 39.3 Å². The minimum Gasteiger partial charge on any atom is -0.487 e. The maximum Gasteiger partial charge on any atom is 0.410 e. The molecule has 0 spiro atoms. The quantitative estimate of drug-likeness (QED) is 0.840. The van der Waals surface area contributed by atoms with Crippen molar-refractivity contribution in [2.24, 2.45) is 0 Å². The molecule has 2 rings (SSSR count). The molecular weight excluding hydrogens is 268 g/mol. The number of hydrogen-bond acceptors (Lipinski definition) is 4. The molecule has 0 aliphatic carbocycles. The van der Waals surface area contributed by atoms with Crippen LogP contribution in [0.2, 0.25) is 0 Å². The Morgan fingerprint density at radius 3 is 2.76 bits per heavy atom. The molecule has 5 nitrogen and oxygen atoms in total. The number of aromatic nitrogens is 1. The van der Waals surface area contributed by atoms with Crippen LogP contribution >= 0.6 is 0 Å². The van der Waals surface area contributed by atoms with E-state index in [0.29, 0.717) is 6.54 Å². The van der Waals surface area contributed by atoms with Gasteiger partial charge in [-0.1, -0.05) is 0 Å². The van der Waals surface area contributed by atoms with Crippen molar-refractivity contribution in [1.29, 1.82) is 0 Å². The van der Waals surface area contributed by atoms with E-state index in [1.165, 1.54) is 0 Å². The molecule has 1 aromatic rings. The molecule has 0 aromatic carbocycles.